The molecule has 5 nitrogen and oxygen atoms in total. The maximum atomic E-state index is 12.8. The zero-order valence-corrected chi connectivity index (χ0v) is 13.2. The van der Waals surface area contributed by atoms with E-state index in [0.717, 1.165) is 5.56 Å². The Kier molecular flexibility index (Phi) is 5.81. The smallest absolute Gasteiger partial charge is 0.248 e. The van der Waals surface area contributed by atoms with E-state index in [2.05, 4.69) is 10.6 Å². The molecule has 0 heterocycles. The number of hydrogen-bond acceptors (Lipinski definition) is 3. The number of amides is 2. The van der Waals surface area contributed by atoms with Crippen molar-refractivity contribution in [2.45, 2.75) is 6.92 Å². The quantitative estimate of drug-likeness (QED) is 0.738. The molecule has 124 valence electrons. The molecular weight excluding hydrogens is 309 g/mol. The molecule has 0 aliphatic rings. The monoisotopic (exact) mass is 327 g/mol. The summed E-state index contributed by atoms with van der Waals surface area (Å²) in [5, 5.41) is 5.37. The second kappa shape index (κ2) is 8.03. The van der Waals surface area contributed by atoms with Gasteiger partial charge in [0.25, 0.3) is 0 Å². The Hall–Kier alpha value is -2.99. The van der Waals surface area contributed by atoms with Crippen molar-refractivity contribution >= 4 is 29.3 Å². The van der Waals surface area contributed by atoms with Crippen molar-refractivity contribution in [1.82, 2.24) is 0 Å². The molecule has 0 fully saturated rings. The summed E-state index contributed by atoms with van der Waals surface area (Å²) in [6.07, 6.45) is 2.94. The number of nitrogens with two attached hydrogens (primary N) is 1. The van der Waals surface area contributed by atoms with Crippen LogP contribution in [0.25, 0.3) is 6.08 Å². The second-order valence-corrected chi connectivity index (χ2v) is 5.16. The predicted octanol–water partition coefficient (Wildman–Crippen LogP) is 2.68. The Labute approximate surface area is 139 Å². The first-order valence-corrected chi connectivity index (χ1v) is 7.33. The maximum Gasteiger partial charge on any atom is 0.248 e. The standard InChI is InChI=1S/C18H18FN3O2/c1-12-2-8-15(10-16(12)22-18(24)11-20)21-17(23)9-5-13-3-6-14(19)7-4-13/h2-10H,11,20H2,1H3,(H,21,23)(H,22,24)/b9-5+. The van der Waals surface area contributed by atoms with Crippen LogP contribution in [-0.2, 0) is 9.59 Å². The summed E-state index contributed by atoms with van der Waals surface area (Å²) >= 11 is 0. The highest BCUT2D eigenvalue weighted by atomic mass is 19.1. The number of nitrogens with one attached hydrogen (secondary N) is 2. The van der Waals surface area contributed by atoms with Crippen LogP contribution in [0.3, 0.4) is 0 Å². The molecule has 0 aliphatic carbocycles. The van der Waals surface area contributed by atoms with Gasteiger partial charge in [0.05, 0.1) is 6.54 Å². The third-order valence-corrected chi connectivity index (χ3v) is 3.26. The highest BCUT2D eigenvalue weighted by molar-refractivity contribution is 6.02. The van der Waals surface area contributed by atoms with Crippen LogP contribution in [0.1, 0.15) is 11.1 Å². The van der Waals surface area contributed by atoms with Gasteiger partial charge in [-0.2, -0.15) is 0 Å². The lowest BCUT2D eigenvalue weighted by Crippen LogP contribution is -2.22. The van der Waals surface area contributed by atoms with E-state index in [0.29, 0.717) is 16.9 Å². The molecule has 2 amide bonds. The Bertz CT molecular complexity index is 770. The van der Waals surface area contributed by atoms with Gasteiger partial charge in [-0.1, -0.05) is 18.2 Å². The first-order chi connectivity index (χ1) is 11.5. The van der Waals surface area contributed by atoms with E-state index in [1.165, 1.54) is 18.2 Å². The molecule has 0 spiro atoms. The van der Waals surface area contributed by atoms with Gasteiger partial charge in [0.15, 0.2) is 0 Å². The van der Waals surface area contributed by atoms with Crippen molar-refractivity contribution in [3.8, 4) is 0 Å². The van der Waals surface area contributed by atoms with E-state index in [1.807, 2.05) is 6.92 Å². The number of carbonyl (C=O) groups is 2. The van der Waals surface area contributed by atoms with Gasteiger partial charge in [0.2, 0.25) is 11.8 Å². The first kappa shape index (κ1) is 17.4. The number of rotatable bonds is 5. The van der Waals surface area contributed by atoms with Gasteiger partial charge in [-0.25, -0.2) is 4.39 Å². The van der Waals surface area contributed by atoms with Gasteiger partial charge in [0, 0.05) is 17.5 Å². The molecule has 0 aromatic heterocycles. The molecule has 24 heavy (non-hydrogen) atoms. The average Bonchev–Trinajstić information content (AvgIpc) is 2.57. The fourth-order valence-corrected chi connectivity index (χ4v) is 1.97. The third-order valence-electron chi connectivity index (χ3n) is 3.26. The largest absolute Gasteiger partial charge is 0.325 e. The molecule has 0 bridgehead atoms. The molecule has 0 saturated carbocycles. The number of anilines is 2. The van der Waals surface area contributed by atoms with Crippen LogP contribution in [0.15, 0.2) is 48.5 Å². The van der Waals surface area contributed by atoms with E-state index < -0.39 is 0 Å². The Balaban J connectivity index is 2.04. The minimum absolute atomic E-state index is 0.115. The molecule has 2 rings (SSSR count). The summed E-state index contributed by atoms with van der Waals surface area (Å²) in [4.78, 5) is 23.3. The molecule has 0 radical (unpaired) electrons. The topological polar surface area (TPSA) is 84.2 Å². The number of hydrogen-bond donors (Lipinski definition) is 3. The molecule has 6 heteroatoms. The molecule has 2 aromatic rings. The van der Waals surface area contributed by atoms with Gasteiger partial charge in [0.1, 0.15) is 5.82 Å². The molecular formula is C18H18FN3O2. The van der Waals surface area contributed by atoms with E-state index in [4.69, 9.17) is 5.73 Å². The second-order valence-electron chi connectivity index (χ2n) is 5.16. The SMILES string of the molecule is Cc1ccc(NC(=O)/C=C/c2ccc(F)cc2)cc1NC(=O)CN. The lowest BCUT2D eigenvalue weighted by atomic mass is 10.1. The van der Waals surface area contributed by atoms with Gasteiger partial charge in [-0.05, 0) is 48.4 Å². The van der Waals surface area contributed by atoms with E-state index in [9.17, 15) is 14.0 Å². The van der Waals surface area contributed by atoms with E-state index in [1.54, 1.807) is 36.4 Å². The Morgan fingerprint density at radius 3 is 2.50 bits per heavy atom. The molecule has 0 saturated heterocycles. The molecule has 0 atom stereocenters. The van der Waals surface area contributed by atoms with Crippen molar-refractivity contribution in [3.05, 3.63) is 65.5 Å². The van der Waals surface area contributed by atoms with Gasteiger partial charge < -0.3 is 16.4 Å². The van der Waals surface area contributed by atoms with Crippen molar-refractivity contribution in [1.29, 1.82) is 0 Å². The van der Waals surface area contributed by atoms with Gasteiger partial charge in [-0.3, -0.25) is 9.59 Å². The van der Waals surface area contributed by atoms with Crippen molar-refractivity contribution in [2.24, 2.45) is 5.73 Å². The summed E-state index contributed by atoms with van der Waals surface area (Å²) < 4.78 is 12.8. The summed E-state index contributed by atoms with van der Waals surface area (Å²) in [5.74, 6) is -0.972. The number of benzene rings is 2. The van der Waals surface area contributed by atoms with Crippen molar-refractivity contribution < 1.29 is 14.0 Å². The molecule has 4 N–H and O–H groups in total. The highest BCUT2D eigenvalue weighted by Crippen LogP contribution is 2.20. The van der Waals surface area contributed by atoms with Crippen LogP contribution in [0.2, 0.25) is 0 Å². The fraction of sp³-hybridized carbons (Fsp3) is 0.111. The third kappa shape index (κ3) is 5.03. The number of halogens is 1. The van der Waals surface area contributed by atoms with E-state index in [-0.39, 0.29) is 24.2 Å². The normalized spacial score (nSPS) is 10.6. The Morgan fingerprint density at radius 2 is 1.83 bits per heavy atom. The minimum Gasteiger partial charge on any atom is -0.325 e. The maximum absolute atomic E-state index is 12.8. The molecule has 0 unspecified atom stereocenters. The first-order valence-electron chi connectivity index (χ1n) is 7.33. The summed E-state index contributed by atoms with van der Waals surface area (Å²) in [6.45, 7) is 1.72. The van der Waals surface area contributed by atoms with Gasteiger partial charge >= 0.3 is 0 Å². The van der Waals surface area contributed by atoms with Crippen LogP contribution < -0.4 is 16.4 Å². The van der Waals surface area contributed by atoms with Crippen molar-refractivity contribution in [3.63, 3.8) is 0 Å². The fourth-order valence-electron chi connectivity index (χ4n) is 1.97. The summed E-state index contributed by atoms with van der Waals surface area (Å²) in [7, 11) is 0. The lowest BCUT2D eigenvalue weighted by molar-refractivity contribution is -0.115. The van der Waals surface area contributed by atoms with Crippen LogP contribution >= 0.6 is 0 Å². The van der Waals surface area contributed by atoms with Crippen molar-refractivity contribution in [2.75, 3.05) is 17.2 Å². The predicted molar refractivity (Wildman–Crippen MR) is 92.9 cm³/mol. The molecule has 2 aromatic carbocycles. The highest BCUT2D eigenvalue weighted by Gasteiger charge is 2.05. The summed E-state index contributed by atoms with van der Waals surface area (Å²) in [6, 6.07) is 11.0. The van der Waals surface area contributed by atoms with Crippen LogP contribution in [0.4, 0.5) is 15.8 Å². The zero-order chi connectivity index (χ0) is 17.5. The lowest BCUT2D eigenvalue weighted by Gasteiger charge is -2.10. The number of aryl methyl sites for hydroxylation is 1. The van der Waals surface area contributed by atoms with Crippen LogP contribution in [0, 0.1) is 12.7 Å². The van der Waals surface area contributed by atoms with Crippen LogP contribution in [-0.4, -0.2) is 18.4 Å². The summed E-state index contributed by atoms with van der Waals surface area (Å²) in [5.41, 5.74) is 7.98. The minimum atomic E-state index is -0.334. The zero-order valence-electron chi connectivity index (χ0n) is 13.2. The number of carbonyl (C=O) groups excluding carboxylic acids is 2. The van der Waals surface area contributed by atoms with Crippen LogP contribution in [0.5, 0.6) is 0 Å². The van der Waals surface area contributed by atoms with Gasteiger partial charge in [-0.15, -0.1) is 0 Å². The Morgan fingerprint density at radius 1 is 1.12 bits per heavy atom. The van der Waals surface area contributed by atoms with E-state index >= 15 is 0 Å². The average molecular weight is 327 g/mol. The molecule has 0 aliphatic heterocycles.